The molecule has 0 amide bonds. The van der Waals surface area contributed by atoms with Crippen LogP contribution >= 0.6 is 11.8 Å². The first-order chi connectivity index (χ1) is 8.77. The SMILES string of the molecule is Cn1ccnc1SCCCOc1ccccc1N. The molecule has 0 spiro atoms. The molecule has 0 radical (unpaired) electrons. The van der Waals surface area contributed by atoms with Gasteiger partial charge in [0.2, 0.25) is 0 Å². The Kier molecular flexibility index (Phi) is 4.52. The van der Waals surface area contributed by atoms with Gasteiger partial charge in [0.15, 0.2) is 5.16 Å². The van der Waals surface area contributed by atoms with Crippen LogP contribution in [0.4, 0.5) is 5.69 Å². The number of aromatic nitrogens is 2. The van der Waals surface area contributed by atoms with Crippen molar-refractivity contribution in [3.05, 3.63) is 36.7 Å². The number of thioether (sulfide) groups is 1. The third kappa shape index (κ3) is 3.43. The van der Waals surface area contributed by atoms with Gasteiger partial charge in [-0.2, -0.15) is 0 Å². The first-order valence-corrected chi connectivity index (χ1v) is 6.83. The maximum absolute atomic E-state index is 5.79. The van der Waals surface area contributed by atoms with E-state index in [0.29, 0.717) is 12.3 Å². The van der Waals surface area contributed by atoms with E-state index >= 15 is 0 Å². The van der Waals surface area contributed by atoms with Gasteiger partial charge in [-0.25, -0.2) is 4.98 Å². The number of nitrogens with zero attached hydrogens (tertiary/aromatic N) is 2. The minimum Gasteiger partial charge on any atom is -0.491 e. The first-order valence-electron chi connectivity index (χ1n) is 5.85. The summed E-state index contributed by atoms with van der Waals surface area (Å²) < 4.78 is 7.64. The Morgan fingerprint density at radius 3 is 2.94 bits per heavy atom. The van der Waals surface area contributed by atoms with Gasteiger partial charge in [0, 0.05) is 25.2 Å². The summed E-state index contributed by atoms with van der Waals surface area (Å²) in [5.41, 5.74) is 6.48. The van der Waals surface area contributed by atoms with E-state index in [4.69, 9.17) is 10.5 Å². The average Bonchev–Trinajstić information content (AvgIpc) is 2.77. The maximum Gasteiger partial charge on any atom is 0.167 e. The third-order valence-corrected chi connectivity index (χ3v) is 3.62. The highest BCUT2D eigenvalue weighted by molar-refractivity contribution is 7.99. The number of benzene rings is 1. The zero-order valence-corrected chi connectivity index (χ0v) is 11.2. The molecule has 1 aromatic carbocycles. The Balaban J connectivity index is 1.68. The van der Waals surface area contributed by atoms with Crippen LogP contribution in [-0.2, 0) is 7.05 Å². The first kappa shape index (κ1) is 12.8. The molecule has 0 aliphatic rings. The highest BCUT2D eigenvalue weighted by atomic mass is 32.2. The van der Waals surface area contributed by atoms with E-state index in [1.54, 1.807) is 11.8 Å². The van der Waals surface area contributed by atoms with Crippen molar-refractivity contribution < 1.29 is 4.74 Å². The molecular weight excluding hydrogens is 246 g/mol. The lowest BCUT2D eigenvalue weighted by molar-refractivity contribution is 0.320. The lowest BCUT2D eigenvalue weighted by Crippen LogP contribution is -2.01. The van der Waals surface area contributed by atoms with E-state index < -0.39 is 0 Å². The van der Waals surface area contributed by atoms with Crippen LogP contribution in [0, 0.1) is 0 Å². The summed E-state index contributed by atoms with van der Waals surface area (Å²) >= 11 is 1.73. The molecule has 18 heavy (non-hydrogen) atoms. The predicted molar refractivity (Wildman–Crippen MR) is 74.9 cm³/mol. The summed E-state index contributed by atoms with van der Waals surface area (Å²) in [6.45, 7) is 0.672. The topological polar surface area (TPSA) is 53.1 Å². The van der Waals surface area contributed by atoms with Crippen LogP contribution in [0.3, 0.4) is 0 Å². The van der Waals surface area contributed by atoms with Crippen molar-refractivity contribution in [1.82, 2.24) is 9.55 Å². The second-order valence-corrected chi connectivity index (χ2v) is 4.97. The molecule has 0 unspecified atom stereocenters. The van der Waals surface area contributed by atoms with E-state index in [0.717, 1.165) is 23.1 Å². The van der Waals surface area contributed by atoms with Crippen LogP contribution in [-0.4, -0.2) is 21.9 Å². The Labute approximate surface area is 111 Å². The zero-order chi connectivity index (χ0) is 12.8. The van der Waals surface area contributed by atoms with Gasteiger partial charge in [-0.1, -0.05) is 23.9 Å². The molecule has 1 aromatic heterocycles. The highest BCUT2D eigenvalue weighted by Crippen LogP contribution is 2.20. The number of nitrogen functional groups attached to an aromatic ring is 1. The molecule has 0 atom stereocenters. The standard InChI is InChI=1S/C13H17N3OS/c1-16-8-7-15-13(16)18-10-4-9-17-12-6-3-2-5-11(12)14/h2-3,5-8H,4,9-10,14H2,1H3. The van der Waals surface area contributed by atoms with Crippen LogP contribution < -0.4 is 10.5 Å². The Hall–Kier alpha value is -1.62. The molecule has 5 heteroatoms. The third-order valence-electron chi connectivity index (χ3n) is 2.47. The van der Waals surface area contributed by atoms with Crippen molar-refractivity contribution in [2.75, 3.05) is 18.1 Å². The minimum atomic E-state index is 0.672. The van der Waals surface area contributed by atoms with Crippen molar-refractivity contribution >= 4 is 17.4 Å². The molecule has 0 saturated heterocycles. The zero-order valence-electron chi connectivity index (χ0n) is 10.4. The number of nitrogens with two attached hydrogens (primary N) is 1. The summed E-state index contributed by atoms with van der Waals surface area (Å²) in [4.78, 5) is 4.25. The molecule has 4 nitrogen and oxygen atoms in total. The van der Waals surface area contributed by atoms with Gasteiger partial charge in [0.25, 0.3) is 0 Å². The number of hydrogen-bond donors (Lipinski definition) is 1. The molecule has 0 aliphatic heterocycles. The molecule has 2 aromatic rings. The van der Waals surface area contributed by atoms with Crippen molar-refractivity contribution in [3.63, 3.8) is 0 Å². The van der Waals surface area contributed by atoms with E-state index in [-0.39, 0.29) is 0 Å². The molecule has 2 N–H and O–H groups in total. The number of anilines is 1. The van der Waals surface area contributed by atoms with Gasteiger partial charge >= 0.3 is 0 Å². The Bertz CT molecular complexity index is 498. The summed E-state index contributed by atoms with van der Waals surface area (Å²) in [5.74, 6) is 1.75. The molecule has 0 bridgehead atoms. The van der Waals surface area contributed by atoms with Crippen molar-refractivity contribution in [2.24, 2.45) is 7.05 Å². The second kappa shape index (κ2) is 6.35. The van der Waals surface area contributed by atoms with E-state index in [1.807, 2.05) is 48.3 Å². The summed E-state index contributed by atoms with van der Waals surface area (Å²) in [6, 6.07) is 7.56. The van der Waals surface area contributed by atoms with Crippen molar-refractivity contribution in [3.8, 4) is 5.75 Å². The normalized spacial score (nSPS) is 10.5. The number of rotatable bonds is 6. The van der Waals surface area contributed by atoms with Gasteiger partial charge in [0.1, 0.15) is 5.75 Å². The van der Waals surface area contributed by atoms with Crippen LogP contribution in [0.1, 0.15) is 6.42 Å². The molecule has 1 heterocycles. The van der Waals surface area contributed by atoms with Crippen LogP contribution in [0.25, 0.3) is 0 Å². The molecule has 2 rings (SSSR count). The fourth-order valence-electron chi connectivity index (χ4n) is 1.51. The van der Waals surface area contributed by atoms with Crippen LogP contribution in [0.2, 0.25) is 0 Å². The Morgan fingerprint density at radius 2 is 2.22 bits per heavy atom. The predicted octanol–water partition coefficient (Wildman–Crippen LogP) is 2.56. The maximum atomic E-state index is 5.79. The van der Waals surface area contributed by atoms with E-state index in [1.165, 1.54) is 0 Å². The second-order valence-electron chi connectivity index (χ2n) is 3.91. The lowest BCUT2D eigenvalue weighted by Gasteiger charge is -2.08. The Morgan fingerprint density at radius 1 is 1.39 bits per heavy atom. The largest absolute Gasteiger partial charge is 0.491 e. The van der Waals surface area contributed by atoms with E-state index in [9.17, 15) is 0 Å². The van der Waals surface area contributed by atoms with Gasteiger partial charge in [0.05, 0.1) is 12.3 Å². The fraction of sp³-hybridized carbons (Fsp3) is 0.308. The quantitative estimate of drug-likeness (QED) is 0.494. The summed E-state index contributed by atoms with van der Waals surface area (Å²) in [6.07, 6.45) is 4.72. The summed E-state index contributed by atoms with van der Waals surface area (Å²) in [5, 5.41) is 1.04. The highest BCUT2D eigenvalue weighted by Gasteiger charge is 2.01. The van der Waals surface area contributed by atoms with E-state index in [2.05, 4.69) is 4.98 Å². The molecule has 96 valence electrons. The van der Waals surface area contributed by atoms with Gasteiger partial charge in [-0.05, 0) is 18.6 Å². The average molecular weight is 263 g/mol. The van der Waals surface area contributed by atoms with Crippen LogP contribution in [0.5, 0.6) is 5.75 Å². The van der Waals surface area contributed by atoms with Gasteiger partial charge in [-0.15, -0.1) is 0 Å². The number of imidazole rings is 1. The lowest BCUT2D eigenvalue weighted by atomic mass is 10.3. The summed E-state index contributed by atoms with van der Waals surface area (Å²) in [7, 11) is 2.00. The van der Waals surface area contributed by atoms with Crippen molar-refractivity contribution in [1.29, 1.82) is 0 Å². The minimum absolute atomic E-state index is 0.672. The molecule has 0 saturated carbocycles. The van der Waals surface area contributed by atoms with Gasteiger partial charge < -0.3 is 15.0 Å². The van der Waals surface area contributed by atoms with Gasteiger partial charge in [-0.3, -0.25) is 0 Å². The monoisotopic (exact) mass is 263 g/mol. The number of ether oxygens (including phenoxy) is 1. The number of aryl methyl sites for hydroxylation is 1. The van der Waals surface area contributed by atoms with Crippen molar-refractivity contribution in [2.45, 2.75) is 11.6 Å². The van der Waals surface area contributed by atoms with Crippen LogP contribution in [0.15, 0.2) is 41.8 Å². The fourth-order valence-corrected chi connectivity index (χ4v) is 2.35. The molecular formula is C13H17N3OS. The number of hydrogen-bond acceptors (Lipinski definition) is 4. The molecule has 0 fully saturated rings. The smallest absolute Gasteiger partial charge is 0.167 e. The number of para-hydroxylation sites is 2. The molecule has 0 aliphatic carbocycles.